The SMILES string of the molecule is Cl.Cl.O=C(CC1CCCN1)NCc1nccn1CCc1ccccc1. The zero-order valence-electron chi connectivity index (χ0n) is 14.2. The van der Waals surface area contributed by atoms with Crippen LogP contribution >= 0.6 is 24.8 Å². The summed E-state index contributed by atoms with van der Waals surface area (Å²) < 4.78 is 2.11. The molecule has 5 nitrogen and oxygen atoms in total. The lowest BCUT2D eigenvalue weighted by Crippen LogP contribution is -2.32. The molecule has 2 aromatic rings. The van der Waals surface area contributed by atoms with Crippen molar-refractivity contribution in [1.82, 2.24) is 20.2 Å². The molecule has 0 saturated carbocycles. The van der Waals surface area contributed by atoms with Crippen molar-refractivity contribution in [3.8, 4) is 0 Å². The maximum atomic E-state index is 12.0. The normalized spacial score (nSPS) is 15.9. The van der Waals surface area contributed by atoms with Gasteiger partial charge in [-0.3, -0.25) is 4.79 Å². The average Bonchev–Trinajstić information content (AvgIpc) is 3.23. The first-order chi connectivity index (χ1) is 11.3. The summed E-state index contributed by atoms with van der Waals surface area (Å²) in [4.78, 5) is 16.4. The van der Waals surface area contributed by atoms with Crippen LogP contribution in [0.2, 0.25) is 0 Å². The van der Waals surface area contributed by atoms with Crippen LogP contribution in [0.1, 0.15) is 30.7 Å². The van der Waals surface area contributed by atoms with E-state index in [1.807, 2.05) is 12.3 Å². The van der Waals surface area contributed by atoms with Gasteiger partial charge < -0.3 is 15.2 Å². The third kappa shape index (κ3) is 6.69. The molecular formula is C18H26Cl2N4O. The highest BCUT2D eigenvalue weighted by Gasteiger charge is 2.17. The van der Waals surface area contributed by atoms with Gasteiger partial charge in [0.05, 0.1) is 6.54 Å². The maximum Gasteiger partial charge on any atom is 0.221 e. The van der Waals surface area contributed by atoms with E-state index in [0.717, 1.165) is 31.8 Å². The van der Waals surface area contributed by atoms with Gasteiger partial charge in [0.15, 0.2) is 0 Å². The minimum atomic E-state index is 0. The molecule has 0 spiro atoms. The van der Waals surface area contributed by atoms with Crippen molar-refractivity contribution in [1.29, 1.82) is 0 Å². The Hall–Kier alpha value is -1.56. The monoisotopic (exact) mass is 384 g/mol. The number of carbonyl (C=O) groups is 1. The molecule has 1 atom stereocenters. The van der Waals surface area contributed by atoms with Gasteiger partial charge in [0, 0.05) is 31.4 Å². The van der Waals surface area contributed by atoms with Crippen LogP contribution in [0.4, 0.5) is 0 Å². The fourth-order valence-electron chi connectivity index (χ4n) is 3.01. The van der Waals surface area contributed by atoms with Crippen LogP contribution in [0.3, 0.4) is 0 Å². The quantitative estimate of drug-likeness (QED) is 0.771. The van der Waals surface area contributed by atoms with Crippen molar-refractivity contribution in [2.75, 3.05) is 6.54 Å². The highest BCUT2D eigenvalue weighted by atomic mass is 35.5. The maximum absolute atomic E-state index is 12.0. The molecule has 2 N–H and O–H groups in total. The highest BCUT2D eigenvalue weighted by Crippen LogP contribution is 2.09. The number of nitrogens with zero attached hydrogens (tertiary/aromatic N) is 2. The number of nitrogens with one attached hydrogen (secondary N) is 2. The molecule has 138 valence electrons. The van der Waals surface area contributed by atoms with E-state index < -0.39 is 0 Å². The standard InChI is InChI=1S/C18H24N4O.2ClH/c23-18(13-16-7-4-9-19-16)21-14-17-20-10-12-22(17)11-8-15-5-2-1-3-6-15;;/h1-3,5-6,10,12,16,19H,4,7-9,11,13-14H2,(H,21,23);2*1H. The van der Waals surface area contributed by atoms with Gasteiger partial charge in [-0.15, -0.1) is 24.8 Å². The minimum absolute atomic E-state index is 0. The number of hydrogen-bond acceptors (Lipinski definition) is 3. The summed E-state index contributed by atoms with van der Waals surface area (Å²) >= 11 is 0. The molecule has 1 fully saturated rings. The number of aromatic nitrogens is 2. The zero-order chi connectivity index (χ0) is 15.9. The number of benzene rings is 1. The summed E-state index contributed by atoms with van der Waals surface area (Å²) in [7, 11) is 0. The Labute approximate surface area is 161 Å². The van der Waals surface area contributed by atoms with Crippen molar-refractivity contribution in [3.63, 3.8) is 0 Å². The van der Waals surface area contributed by atoms with E-state index in [0.29, 0.717) is 19.0 Å². The third-order valence-electron chi connectivity index (χ3n) is 4.32. The topological polar surface area (TPSA) is 59.0 Å². The van der Waals surface area contributed by atoms with E-state index in [9.17, 15) is 4.79 Å². The van der Waals surface area contributed by atoms with Gasteiger partial charge in [-0.2, -0.15) is 0 Å². The predicted molar refractivity (Wildman–Crippen MR) is 104 cm³/mol. The summed E-state index contributed by atoms with van der Waals surface area (Å²) in [6.45, 7) is 2.40. The second-order valence-electron chi connectivity index (χ2n) is 6.05. The molecule has 1 unspecified atom stereocenters. The lowest BCUT2D eigenvalue weighted by molar-refractivity contribution is -0.121. The molecule has 1 aromatic heterocycles. The van der Waals surface area contributed by atoms with Crippen LogP contribution in [-0.4, -0.2) is 28.0 Å². The summed E-state index contributed by atoms with van der Waals surface area (Å²) in [5.74, 6) is 1.01. The van der Waals surface area contributed by atoms with E-state index in [1.165, 1.54) is 12.0 Å². The van der Waals surface area contributed by atoms with Gasteiger partial charge in [0.25, 0.3) is 0 Å². The van der Waals surface area contributed by atoms with Crippen LogP contribution in [-0.2, 0) is 24.3 Å². The van der Waals surface area contributed by atoms with Crippen molar-refractivity contribution >= 4 is 30.7 Å². The van der Waals surface area contributed by atoms with Crippen LogP contribution < -0.4 is 10.6 Å². The van der Waals surface area contributed by atoms with Crippen molar-refractivity contribution in [2.45, 2.75) is 44.8 Å². The predicted octanol–water partition coefficient (Wildman–Crippen LogP) is 2.73. The zero-order valence-corrected chi connectivity index (χ0v) is 15.8. The van der Waals surface area contributed by atoms with E-state index in [2.05, 4.69) is 44.5 Å². The molecule has 7 heteroatoms. The molecule has 0 radical (unpaired) electrons. The lowest BCUT2D eigenvalue weighted by Gasteiger charge is -2.11. The molecule has 25 heavy (non-hydrogen) atoms. The minimum Gasteiger partial charge on any atom is -0.349 e. The average molecular weight is 385 g/mol. The fourth-order valence-corrected chi connectivity index (χ4v) is 3.01. The summed E-state index contributed by atoms with van der Waals surface area (Å²) in [6.07, 6.45) is 7.56. The Bertz CT molecular complexity index is 627. The Morgan fingerprint density at radius 3 is 2.80 bits per heavy atom. The van der Waals surface area contributed by atoms with Crippen LogP contribution in [0.25, 0.3) is 0 Å². The molecule has 3 rings (SSSR count). The highest BCUT2D eigenvalue weighted by molar-refractivity contribution is 5.85. The molecule has 1 aliphatic heterocycles. The van der Waals surface area contributed by atoms with Gasteiger partial charge in [0.1, 0.15) is 5.82 Å². The molecular weight excluding hydrogens is 359 g/mol. The van der Waals surface area contributed by atoms with Gasteiger partial charge in [-0.1, -0.05) is 30.3 Å². The number of rotatable bonds is 7. The Morgan fingerprint density at radius 1 is 1.28 bits per heavy atom. The number of hydrogen-bond donors (Lipinski definition) is 2. The molecule has 2 heterocycles. The van der Waals surface area contributed by atoms with Crippen molar-refractivity contribution in [3.05, 3.63) is 54.1 Å². The van der Waals surface area contributed by atoms with Crippen molar-refractivity contribution < 1.29 is 4.79 Å². The number of amides is 1. The molecule has 0 aliphatic carbocycles. The molecule has 1 aliphatic rings. The molecule has 0 bridgehead atoms. The smallest absolute Gasteiger partial charge is 0.221 e. The third-order valence-corrected chi connectivity index (χ3v) is 4.32. The second-order valence-corrected chi connectivity index (χ2v) is 6.05. The van der Waals surface area contributed by atoms with Crippen molar-refractivity contribution in [2.24, 2.45) is 0 Å². The van der Waals surface area contributed by atoms with Gasteiger partial charge >= 0.3 is 0 Å². The van der Waals surface area contributed by atoms with E-state index in [1.54, 1.807) is 6.20 Å². The first kappa shape index (κ1) is 21.5. The molecule has 1 saturated heterocycles. The van der Waals surface area contributed by atoms with Gasteiger partial charge in [0.2, 0.25) is 5.91 Å². The summed E-state index contributed by atoms with van der Waals surface area (Å²) in [5.41, 5.74) is 1.31. The Kier molecular flexibility index (Phi) is 9.57. The molecule has 1 amide bonds. The second kappa shape index (κ2) is 11.1. The van der Waals surface area contributed by atoms with E-state index in [-0.39, 0.29) is 30.7 Å². The lowest BCUT2D eigenvalue weighted by atomic mass is 10.1. The fraction of sp³-hybridized carbons (Fsp3) is 0.444. The number of aryl methyl sites for hydroxylation is 2. The summed E-state index contributed by atoms with van der Waals surface area (Å²) in [5, 5.41) is 6.34. The van der Waals surface area contributed by atoms with Crippen LogP contribution in [0.15, 0.2) is 42.7 Å². The van der Waals surface area contributed by atoms with E-state index >= 15 is 0 Å². The first-order valence-electron chi connectivity index (χ1n) is 8.35. The Balaban J connectivity index is 0.00000156. The number of carbonyl (C=O) groups excluding carboxylic acids is 1. The van der Waals surface area contributed by atoms with Gasteiger partial charge in [-0.25, -0.2) is 4.98 Å². The molecule has 1 aromatic carbocycles. The Morgan fingerprint density at radius 2 is 2.08 bits per heavy atom. The van der Waals surface area contributed by atoms with Crippen LogP contribution in [0, 0.1) is 0 Å². The summed E-state index contributed by atoms with van der Waals surface area (Å²) in [6, 6.07) is 10.7. The largest absolute Gasteiger partial charge is 0.349 e. The first-order valence-corrected chi connectivity index (χ1v) is 8.35. The number of imidazole rings is 1. The van der Waals surface area contributed by atoms with E-state index in [4.69, 9.17) is 0 Å². The van der Waals surface area contributed by atoms with Gasteiger partial charge in [-0.05, 0) is 31.4 Å². The van der Waals surface area contributed by atoms with Crippen LogP contribution in [0.5, 0.6) is 0 Å². The number of halogens is 2.